The van der Waals surface area contributed by atoms with Crippen LogP contribution in [0, 0.1) is 0 Å². The number of rotatable bonds is 9. The van der Waals surface area contributed by atoms with Gasteiger partial charge in [-0.1, -0.05) is 24.3 Å². The zero-order chi connectivity index (χ0) is 21.6. The molecule has 0 saturated carbocycles. The molecule has 158 valence electrons. The van der Waals surface area contributed by atoms with Crippen molar-refractivity contribution < 1.29 is 17.9 Å². The molecule has 0 bridgehead atoms. The first kappa shape index (κ1) is 22.9. The third-order valence-electron chi connectivity index (χ3n) is 4.37. The predicted octanol–water partition coefficient (Wildman–Crippen LogP) is 2.41. The summed E-state index contributed by atoms with van der Waals surface area (Å²) in [5.41, 5.74) is 1.24. The molecule has 0 fully saturated rings. The highest BCUT2D eigenvalue weighted by Gasteiger charge is 2.21. The predicted molar refractivity (Wildman–Crippen MR) is 114 cm³/mol. The molecule has 0 aliphatic carbocycles. The number of amides is 1. The number of methoxy groups -OCH3 is 1. The van der Waals surface area contributed by atoms with E-state index in [0.29, 0.717) is 6.54 Å². The number of carbonyl (C=O) groups excluding carboxylic acids is 1. The van der Waals surface area contributed by atoms with Crippen molar-refractivity contribution in [1.29, 1.82) is 0 Å². The Labute approximate surface area is 173 Å². The van der Waals surface area contributed by atoms with E-state index in [2.05, 4.69) is 10.0 Å². The average Bonchev–Trinajstić information content (AvgIpc) is 2.67. The number of para-hydroxylation sites is 1. The van der Waals surface area contributed by atoms with Crippen LogP contribution in [0.15, 0.2) is 53.4 Å². The quantitative estimate of drug-likeness (QED) is 0.652. The van der Waals surface area contributed by atoms with Crippen LogP contribution in [0.5, 0.6) is 5.75 Å². The van der Waals surface area contributed by atoms with Crippen LogP contribution >= 0.6 is 0 Å². The molecular weight excluding hydrogens is 390 g/mol. The summed E-state index contributed by atoms with van der Waals surface area (Å²) in [6.07, 6.45) is 0. The third-order valence-corrected chi connectivity index (χ3v) is 6.03. The normalized spacial score (nSPS) is 12.8. The molecule has 2 N–H and O–H groups in total. The molecule has 0 aromatic heterocycles. The maximum atomic E-state index is 12.7. The molecule has 8 heteroatoms. The monoisotopic (exact) mass is 419 g/mol. The maximum absolute atomic E-state index is 12.7. The fraction of sp³-hybridized carbons (Fsp3) is 0.381. The summed E-state index contributed by atoms with van der Waals surface area (Å²) in [5, 5.41) is 2.90. The molecule has 1 amide bonds. The Kier molecular flexibility index (Phi) is 7.78. The Morgan fingerprint density at radius 1 is 1.10 bits per heavy atom. The van der Waals surface area contributed by atoms with E-state index >= 15 is 0 Å². The van der Waals surface area contributed by atoms with E-state index in [1.165, 1.54) is 12.1 Å². The number of sulfonamides is 1. The summed E-state index contributed by atoms with van der Waals surface area (Å²) >= 11 is 0. The molecule has 0 radical (unpaired) electrons. The topological polar surface area (TPSA) is 87.7 Å². The lowest BCUT2D eigenvalue weighted by atomic mass is 10.0. The van der Waals surface area contributed by atoms with Crippen molar-refractivity contribution in [3.05, 3.63) is 59.7 Å². The van der Waals surface area contributed by atoms with Gasteiger partial charge in [0.2, 0.25) is 10.0 Å². The molecule has 0 unspecified atom stereocenters. The van der Waals surface area contributed by atoms with Gasteiger partial charge in [0.15, 0.2) is 0 Å². The fourth-order valence-corrected chi connectivity index (χ4v) is 4.28. The van der Waals surface area contributed by atoms with Gasteiger partial charge < -0.3 is 15.0 Å². The lowest BCUT2D eigenvalue weighted by Gasteiger charge is -2.26. The van der Waals surface area contributed by atoms with Crippen LogP contribution in [0.25, 0.3) is 0 Å². The summed E-state index contributed by atoms with van der Waals surface area (Å²) in [5.74, 6) is 0.404. The highest BCUT2D eigenvalue weighted by molar-refractivity contribution is 7.89. The van der Waals surface area contributed by atoms with Crippen LogP contribution in [-0.4, -0.2) is 53.0 Å². The lowest BCUT2D eigenvalue weighted by molar-refractivity contribution is 0.0941. The van der Waals surface area contributed by atoms with Crippen LogP contribution < -0.4 is 14.8 Å². The van der Waals surface area contributed by atoms with E-state index in [4.69, 9.17) is 4.74 Å². The minimum Gasteiger partial charge on any atom is -0.496 e. The second-order valence-electron chi connectivity index (χ2n) is 7.24. The summed E-state index contributed by atoms with van der Waals surface area (Å²) in [4.78, 5) is 14.7. The standard InChI is InChI=1S/C21H29N3O4S/c1-15(2)23-29(26,27)17-10-8-9-16(13-17)21(25)22-14-19(24(3)4)18-11-6-7-12-20(18)28-5/h6-13,15,19,23H,14H2,1-5H3,(H,22,25)/t19-/m1/s1. The molecule has 7 nitrogen and oxygen atoms in total. The van der Waals surface area contributed by atoms with Crippen LogP contribution in [0.3, 0.4) is 0 Å². The first-order valence-electron chi connectivity index (χ1n) is 9.35. The van der Waals surface area contributed by atoms with Gasteiger partial charge in [-0.2, -0.15) is 0 Å². The highest BCUT2D eigenvalue weighted by atomic mass is 32.2. The Morgan fingerprint density at radius 2 is 1.79 bits per heavy atom. The van der Waals surface area contributed by atoms with Crippen molar-refractivity contribution in [2.45, 2.75) is 30.8 Å². The number of hydrogen-bond acceptors (Lipinski definition) is 5. The minimum atomic E-state index is -3.67. The lowest BCUT2D eigenvalue weighted by Crippen LogP contribution is -2.35. The van der Waals surface area contributed by atoms with E-state index in [1.54, 1.807) is 33.1 Å². The fourth-order valence-electron chi connectivity index (χ4n) is 2.99. The first-order chi connectivity index (χ1) is 13.7. The number of hydrogen-bond donors (Lipinski definition) is 2. The second-order valence-corrected chi connectivity index (χ2v) is 8.95. The van der Waals surface area contributed by atoms with Gasteiger partial charge in [0.1, 0.15) is 5.75 Å². The molecule has 0 saturated heterocycles. The van der Waals surface area contributed by atoms with Gasteiger partial charge >= 0.3 is 0 Å². The zero-order valence-corrected chi connectivity index (χ0v) is 18.3. The second kappa shape index (κ2) is 9.87. The summed E-state index contributed by atoms with van der Waals surface area (Å²) in [6.45, 7) is 3.83. The van der Waals surface area contributed by atoms with E-state index < -0.39 is 10.0 Å². The molecule has 2 aromatic carbocycles. The van der Waals surface area contributed by atoms with Crippen LogP contribution in [0.2, 0.25) is 0 Å². The highest BCUT2D eigenvalue weighted by Crippen LogP contribution is 2.27. The Morgan fingerprint density at radius 3 is 2.41 bits per heavy atom. The molecule has 0 heterocycles. The number of nitrogens with zero attached hydrogens (tertiary/aromatic N) is 1. The average molecular weight is 420 g/mol. The van der Waals surface area contributed by atoms with Gasteiger partial charge in [-0.3, -0.25) is 4.79 Å². The molecule has 29 heavy (non-hydrogen) atoms. The molecule has 0 spiro atoms. The molecule has 0 aliphatic heterocycles. The molecule has 1 atom stereocenters. The van der Waals surface area contributed by atoms with Crippen molar-refractivity contribution in [2.75, 3.05) is 27.7 Å². The maximum Gasteiger partial charge on any atom is 0.251 e. The number of likely N-dealkylation sites (N-methyl/N-ethyl adjacent to an activating group) is 1. The Hall–Kier alpha value is -2.42. The van der Waals surface area contributed by atoms with E-state index in [9.17, 15) is 13.2 Å². The smallest absolute Gasteiger partial charge is 0.251 e. The summed E-state index contributed by atoms with van der Waals surface area (Å²) < 4.78 is 32.7. The van der Waals surface area contributed by atoms with Crippen molar-refractivity contribution in [3.8, 4) is 5.75 Å². The van der Waals surface area contributed by atoms with Crippen molar-refractivity contribution in [1.82, 2.24) is 14.9 Å². The molecule has 0 aliphatic rings. The summed E-state index contributed by atoms with van der Waals surface area (Å²) in [7, 11) is 1.79. The SMILES string of the molecule is COc1ccccc1[C@@H](CNC(=O)c1cccc(S(=O)(=O)NC(C)C)c1)N(C)C. The number of benzene rings is 2. The number of carbonyl (C=O) groups is 1. The van der Waals surface area contributed by atoms with Gasteiger partial charge in [-0.05, 0) is 52.2 Å². The van der Waals surface area contributed by atoms with Gasteiger partial charge in [0.25, 0.3) is 5.91 Å². The van der Waals surface area contributed by atoms with E-state index in [1.807, 2.05) is 43.3 Å². The van der Waals surface area contributed by atoms with Crippen LogP contribution in [0.4, 0.5) is 0 Å². The minimum absolute atomic E-state index is 0.0627. The number of ether oxygens (including phenoxy) is 1. The van der Waals surface area contributed by atoms with E-state index in [0.717, 1.165) is 11.3 Å². The van der Waals surface area contributed by atoms with Crippen LogP contribution in [0.1, 0.15) is 35.8 Å². The van der Waals surface area contributed by atoms with Crippen molar-refractivity contribution in [2.24, 2.45) is 0 Å². The largest absolute Gasteiger partial charge is 0.496 e. The van der Waals surface area contributed by atoms with Crippen molar-refractivity contribution in [3.63, 3.8) is 0 Å². The van der Waals surface area contributed by atoms with Crippen molar-refractivity contribution >= 4 is 15.9 Å². The van der Waals surface area contributed by atoms with Gasteiger partial charge in [0.05, 0.1) is 18.0 Å². The molecule has 2 aromatic rings. The molecule has 2 rings (SSSR count). The van der Waals surface area contributed by atoms with Gasteiger partial charge in [-0.15, -0.1) is 0 Å². The number of nitrogens with one attached hydrogen (secondary N) is 2. The molecular formula is C21H29N3O4S. The Balaban J connectivity index is 2.18. The first-order valence-corrected chi connectivity index (χ1v) is 10.8. The van der Waals surface area contributed by atoms with E-state index in [-0.39, 0.29) is 28.4 Å². The summed E-state index contributed by atoms with van der Waals surface area (Å²) in [6, 6.07) is 13.3. The third kappa shape index (κ3) is 6.03. The van der Waals surface area contributed by atoms with Crippen LogP contribution in [-0.2, 0) is 10.0 Å². The Bertz CT molecular complexity index is 942. The zero-order valence-electron chi connectivity index (χ0n) is 17.5. The van der Waals surface area contributed by atoms with Gasteiger partial charge in [0, 0.05) is 23.7 Å². The van der Waals surface area contributed by atoms with Gasteiger partial charge in [-0.25, -0.2) is 13.1 Å².